The van der Waals surface area contributed by atoms with Crippen LogP contribution in [0.5, 0.6) is 0 Å². The number of para-hydroxylation sites is 1. The topological polar surface area (TPSA) is 48.5 Å². The lowest BCUT2D eigenvalue weighted by molar-refractivity contribution is 0.125. The Balaban J connectivity index is 1.69. The second kappa shape index (κ2) is 6.32. The van der Waals surface area contributed by atoms with Crippen LogP contribution in [0.1, 0.15) is 13.8 Å². The number of piperazine rings is 1. The van der Waals surface area contributed by atoms with Crippen LogP contribution < -0.4 is 5.32 Å². The first-order chi connectivity index (χ1) is 10.6. The van der Waals surface area contributed by atoms with Gasteiger partial charge in [0.05, 0.1) is 11.2 Å². The molecule has 1 aliphatic rings. The van der Waals surface area contributed by atoms with E-state index < -0.39 is 0 Å². The number of urea groups is 1. The number of pyridine rings is 1. The quantitative estimate of drug-likeness (QED) is 0.927. The second-order valence-electron chi connectivity index (χ2n) is 5.93. The zero-order valence-electron chi connectivity index (χ0n) is 13.1. The molecule has 3 rings (SSSR count). The van der Waals surface area contributed by atoms with Crippen molar-refractivity contribution in [3.05, 3.63) is 36.5 Å². The number of benzene rings is 1. The largest absolute Gasteiger partial charge is 0.322 e. The maximum absolute atomic E-state index is 12.5. The van der Waals surface area contributed by atoms with Gasteiger partial charge in [-0.1, -0.05) is 18.2 Å². The van der Waals surface area contributed by atoms with Crippen LogP contribution in [-0.4, -0.2) is 53.0 Å². The second-order valence-corrected chi connectivity index (χ2v) is 5.93. The number of fused-ring (bicyclic) bond motifs is 1. The molecule has 2 aromatic rings. The van der Waals surface area contributed by atoms with Crippen molar-refractivity contribution >= 4 is 22.6 Å². The first-order valence-electron chi connectivity index (χ1n) is 7.79. The van der Waals surface area contributed by atoms with E-state index in [1.807, 2.05) is 35.2 Å². The van der Waals surface area contributed by atoms with Crippen molar-refractivity contribution in [2.75, 3.05) is 31.5 Å². The SMILES string of the molecule is CC(C)N1CCN(C(=O)Nc2cccc3cccnc23)CC1. The van der Waals surface area contributed by atoms with Gasteiger partial charge in [0.25, 0.3) is 0 Å². The number of hydrogen-bond acceptors (Lipinski definition) is 3. The highest BCUT2D eigenvalue weighted by Crippen LogP contribution is 2.21. The van der Waals surface area contributed by atoms with Gasteiger partial charge in [0, 0.05) is 43.8 Å². The van der Waals surface area contributed by atoms with Gasteiger partial charge in [-0.25, -0.2) is 4.79 Å². The molecule has 0 saturated carbocycles. The Morgan fingerprint density at radius 1 is 1.14 bits per heavy atom. The van der Waals surface area contributed by atoms with E-state index in [1.165, 1.54) is 0 Å². The molecular formula is C17H22N4O. The Hall–Kier alpha value is -2.14. The third-order valence-electron chi connectivity index (χ3n) is 4.21. The van der Waals surface area contributed by atoms with Gasteiger partial charge in [0.2, 0.25) is 0 Å². The van der Waals surface area contributed by atoms with Gasteiger partial charge in [-0.3, -0.25) is 9.88 Å². The molecule has 116 valence electrons. The summed E-state index contributed by atoms with van der Waals surface area (Å²) in [5, 5.41) is 4.04. The van der Waals surface area contributed by atoms with Crippen molar-refractivity contribution in [1.82, 2.24) is 14.8 Å². The molecule has 0 aliphatic carbocycles. The lowest BCUT2D eigenvalue weighted by Gasteiger charge is -2.36. The summed E-state index contributed by atoms with van der Waals surface area (Å²) in [5.74, 6) is 0. The van der Waals surface area contributed by atoms with E-state index in [-0.39, 0.29) is 6.03 Å². The van der Waals surface area contributed by atoms with Gasteiger partial charge >= 0.3 is 6.03 Å². The molecule has 5 heteroatoms. The summed E-state index contributed by atoms with van der Waals surface area (Å²) < 4.78 is 0. The smallest absolute Gasteiger partial charge is 0.321 e. The predicted octanol–water partition coefficient (Wildman–Crippen LogP) is 2.79. The van der Waals surface area contributed by atoms with E-state index in [1.54, 1.807) is 6.20 Å². The zero-order valence-corrected chi connectivity index (χ0v) is 13.1. The molecule has 1 N–H and O–H groups in total. The summed E-state index contributed by atoms with van der Waals surface area (Å²) >= 11 is 0. The van der Waals surface area contributed by atoms with Crippen LogP contribution in [0, 0.1) is 0 Å². The van der Waals surface area contributed by atoms with Crippen LogP contribution in [0.15, 0.2) is 36.5 Å². The summed E-state index contributed by atoms with van der Waals surface area (Å²) in [6, 6.07) is 10.2. The molecule has 2 amide bonds. The number of aromatic nitrogens is 1. The minimum atomic E-state index is -0.0402. The lowest BCUT2D eigenvalue weighted by atomic mass is 10.2. The number of amides is 2. The number of rotatable bonds is 2. The first-order valence-corrected chi connectivity index (χ1v) is 7.79. The van der Waals surface area contributed by atoms with Crippen molar-refractivity contribution in [3.8, 4) is 0 Å². The fourth-order valence-electron chi connectivity index (χ4n) is 2.84. The van der Waals surface area contributed by atoms with Crippen LogP contribution in [0.3, 0.4) is 0 Å². The van der Waals surface area contributed by atoms with Crippen molar-refractivity contribution in [2.24, 2.45) is 0 Å². The van der Waals surface area contributed by atoms with Gasteiger partial charge in [0.1, 0.15) is 0 Å². The summed E-state index contributed by atoms with van der Waals surface area (Å²) in [5.41, 5.74) is 1.61. The zero-order chi connectivity index (χ0) is 15.5. The maximum atomic E-state index is 12.5. The molecule has 0 radical (unpaired) electrons. The highest BCUT2D eigenvalue weighted by Gasteiger charge is 2.22. The Morgan fingerprint density at radius 3 is 2.59 bits per heavy atom. The molecule has 1 aromatic heterocycles. The predicted molar refractivity (Wildman–Crippen MR) is 89.0 cm³/mol. The lowest BCUT2D eigenvalue weighted by Crippen LogP contribution is -2.51. The average Bonchev–Trinajstić information content (AvgIpc) is 2.55. The highest BCUT2D eigenvalue weighted by atomic mass is 16.2. The fourth-order valence-corrected chi connectivity index (χ4v) is 2.84. The normalized spacial score (nSPS) is 16.2. The summed E-state index contributed by atoms with van der Waals surface area (Å²) in [6.07, 6.45) is 1.75. The van der Waals surface area contributed by atoms with Crippen LogP contribution >= 0.6 is 0 Å². The minimum Gasteiger partial charge on any atom is -0.322 e. The summed E-state index contributed by atoms with van der Waals surface area (Å²) in [7, 11) is 0. The standard InChI is InChI=1S/C17H22N4O/c1-13(2)20-9-11-21(12-10-20)17(22)19-15-7-3-5-14-6-4-8-18-16(14)15/h3-8,13H,9-12H2,1-2H3,(H,19,22). The molecule has 0 atom stereocenters. The monoisotopic (exact) mass is 298 g/mol. The number of carbonyl (C=O) groups excluding carboxylic acids is 1. The van der Waals surface area contributed by atoms with Crippen molar-refractivity contribution in [2.45, 2.75) is 19.9 Å². The summed E-state index contributed by atoms with van der Waals surface area (Å²) in [4.78, 5) is 21.1. The van der Waals surface area contributed by atoms with Gasteiger partial charge in [-0.05, 0) is 26.0 Å². The van der Waals surface area contributed by atoms with Crippen LogP contribution in [0.4, 0.5) is 10.5 Å². The molecule has 22 heavy (non-hydrogen) atoms. The van der Waals surface area contributed by atoms with E-state index in [9.17, 15) is 4.79 Å². The molecule has 1 saturated heterocycles. The summed E-state index contributed by atoms with van der Waals surface area (Å²) in [6.45, 7) is 7.77. The van der Waals surface area contributed by atoms with Crippen LogP contribution in [0.2, 0.25) is 0 Å². The van der Waals surface area contributed by atoms with Gasteiger partial charge in [0.15, 0.2) is 0 Å². The Morgan fingerprint density at radius 2 is 1.86 bits per heavy atom. The van der Waals surface area contributed by atoms with Crippen LogP contribution in [-0.2, 0) is 0 Å². The van der Waals surface area contributed by atoms with Gasteiger partial charge < -0.3 is 10.2 Å². The first kappa shape index (κ1) is 14.8. The van der Waals surface area contributed by atoms with E-state index in [0.717, 1.165) is 42.8 Å². The maximum Gasteiger partial charge on any atom is 0.321 e. The highest BCUT2D eigenvalue weighted by molar-refractivity contribution is 5.99. The van der Waals surface area contributed by atoms with Gasteiger partial charge in [-0.2, -0.15) is 0 Å². The van der Waals surface area contributed by atoms with Crippen molar-refractivity contribution in [1.29, 1.82) is 0 Å². The number of nitrogens with one attached hydrogen (secondary N) is 1. The third-order valence-corrected chi connectivity index (χ3v) is 4.21. The Bertz CT molecular complexity index is 657. The molecular weight excluding hydrogens is 276 g/mol. The van der Waals surface area contributed by atoms with E-state index in [0.29, 0.717) is 6.04 Å². The van der Waals surface area contributed by atoms with E-state index in [2.05, 4.69) is 29.0 Å². The molecule has 1 fully saturated rings. The molecule has 2 heterocycles. The molecule has 5 nitrogen and oxygen atoms in total. The average molecular weight is 298 g/mol. The van der Waals surface area contributed by atoms with Crippen molar-refractivity contribution < 1.29 is 4.79 Å². The molecule has 0 unspecified atom stereocenters. The molecule has 1 aromatic carbocycles. The minimum absolute atomic E-state index is 0.0402. The number of hydrogen-bond donors (Lipinski definition) is 1. The van der Waals surface area contributed by atoms with E-state index >= 15 is 0 Å². The molecule has 0 spiro atoms. The number of carbonyl (C=O) groups is 1. The van der Waals surface area contributed by atoms with E-state index in [4.69, 9.17) is 0 Å². The Kier molecular flexibility index (Phi) is 4.24. The third kappa shape index (κ3) is 3.04. The number of nitrogens with zero attached hydrogens (tertiary/aromatic N) is 3. The molecule has 0 bridgehead atoms. The number of anilines is 1. The van der Waals surface area contributed by atoms with Crippen LogP contribution in [0.25, 0.3) is 10.9 Å². The van der Waals surface area contributed by atoms with Gasteiger partial charge in [-0.15, -0.1) is 0 Å². The Labute approximate surface area is 130 Å². The fraction of sp³-hybridized carbons (Fsp3) is 0.412. The molecule has 1 aliphatic heterocycles. The van der Waals surface area contributed by atoms with Crippen molar-refractivity contribution in [3.63, 3.8) is 0 Å².